The van der Waals surface area contributed by atoms with Gasteiger partial charge < -0.3 is 16.0 Å². The van der Waals surface area contributed by atoms with E-state index in [4.69, 9.17) is 5.73 Å². The zero-order valence-corrected chi connectivity index (χ0v) is 12.2. The number of carbonyl (C=O) groups is 2. The molecule has 0 unspecified atom stereocenters. The molecule has 1 aromatic carbocycles. The minimum Gasteiger partial charge on any atom is -0.335 e. The van der Waals surface area contributed by atoms with Crippen molar-refractivity contribution < 1.29 is 9.59 Å². The van der Waals surface area contributed by atoms with Crippen LogP contribution in [0, 0.1) is 13.8 Å². The third kappa shape index (κ3) is 4.89. The Morgan fingerprint density at radius 2 is 1.79 bits per heavy atom. The van der Waals surface area contributed by atoms with E-state index in [-0.39, 0.29) is 37.3 Å². The fourth-order valence-corrected chi connectivity index (χ4v) is 1.65. The Hall–Kier alpha value is -1.59. The van der Waals surface area contributed by atoms with E-state index in [0.29, 0.717) is 0 Å². The summed E-state index contributed by atoms with van der Waals surface area (Å²) in [4.78, 5) is 24.4. The Labute approximate surface area is 119 Å². The van der Waals surface area contributed by atoms with Gasteiger partial charge in [-0.15, -0.1) is 12.4 Å². The molecule has 6 heteroatoms. The summed E-state index contributed by atoms with van der Waals surface area (Å²) in [6.07, 6.45) is 0. The molecule has 0 atom stereocenters. The van der Waals surface area contributed by atoms with Gasteiger partial charge in [0, 0.05) is 12.7 Å². The Morgan fingerprint density at radius 3 is 2.26 bits per heavy atom. The van der Waals surface area contributed by atoms with Crippen molar-refractivity contribution in [2.75, 3.05) is 25.5 Å². The van der Waals surface area contributed by atoms with E-state index in [9.17, 15) is 9.59 Å². The number of hydrogen-bond donors (Lipinski definition) is 2. The van der Waals surface area contributed by atoms with Gasteiger partial charge in [0.25, 0.3) is 0 Å². The van der Waals surface area contributed by atoms with Gasteiger partial charge in [-0.2, -0.15) is 0 Å². The normalized spacial score (nSPS) is 9.47. The third-order valence-corrected chi connectivity index (χ3v) is 2.73. The van der Waals surface area contributed by atoms with Crippen LogP contribution >= 0.6 is 12.4 Å². The SMILES string of the molecule is Cc1cccc(C)c1NC(=O)CN(C)C(=O)CN.Cl. The van der Waals surface area contributed by atoms with E-state index < -0.39 is 0 Å². The predicted octanol–water partition coefficient (Wildman–Crippen LogP) is 1.08. The molecule has 3 N–H and O–H groups in total. The van der Waals surface area contributed by atoms with Gasteiger partial charge in [0.1, 0.15) is 0 Å². The number of rotatable bonds is 4. The second kappa shape index (κ2) is 7.76. The van der Waals surface area contributed by atoms with Crippen molar-refractivity contribution in [1.82, 2.24) is 4.90 Å². The summed E-state index contributed by atoms with van der Waals surface area (Å²) in [5.74, 6) is -0.483. The summed E-state index contributed by atoms with van der Waals surface area (Å²) in [6, 6.07) is 5.79. The average Bonchev–Trinajstić information content (AvgIpc) is 2.32. The lowest BCUT2D eigenvalue weighted by Gasteiger charge is -2.17. The fourth-order valence-electron chi connectivity index (χ4n) is 1.65. The van der Waals surface area contributed by atoms with Crippen LogP contribution in [0.3, 0.4) is 0 Å². The molecule has 0 aliphatic carbocycles. The highest BCUT2D eigenvalue weighted by Crippen LogP contribution is 2.19. The van der Waals surface area contributed by atoms with Crippen LogP contribution in [0.5, 0.6) is 0 Å². The molecule has 1 rings (SSSR count). The van der Waals surface area contributed by atoms with Gasteiger partial charge in [-0.3, -0.25) is 9.59 Å². The quantitative estimate of drug-likeness (QED) is 0.869. The molecule has 0 aliphatic rings. The number of hydrogen-bond acceptors (Lipinski definition) is 3. The zero-order valence-electron chi connectivity index (χ0n) is 11.4. The van der Waals surface area contributed by atoms with E-state index in [2.05, 4.69) is 5.32 Å². The molecule has 0 aromatic heterocycles. The molecule has 0 heterocycles. The first-order chi connectivity index (χ1) is 8.45. The number of amides is 2. The number of nitrogens with zero attached hydrogens (tertiary/aromatic N) is 1. The van der Waals surface area contributed by atoms with Crippen LogP contribution in [0.15, 0.2) is 18.2 Å². The summed E-state index contributed by atoms with van der Waals surface area (Å²) in [5.41, 5.74) is 8.02. The molecule has 1 aromatic rings. The molecular formula is C13H20ClN3O2. The zero-order chi connectivity index (χ0) is 13.7. The smallest absolute Gasteiger partial charge is 0.243 e. The lowest BCUT2D eigenvalue weighted by molar-refractivity contribution is -0.132. The Bertz CT molecular complexity index is 443. The molecule has 0 bridgehead atoms. The summed E-state index contributed by atoms with van der Waals surface area (Å²) in [6.45, 7) is 3.77. The van der Waals surface area contributed by atoms with Crippen molar-refractivity contribution in [1.29, 1.82) is 0 Å². The number of aryl methyl sites for hydroxylation is 2. The van der Waals surface area contributed by atoms with E-state index in [0.717, 1.165) is 16.8 Å². The number of halogens is 1. The highest BCUT2D eigenvalue weighted by molar-refractivity contribution is 5.95. The average molecular weight is 286 g/mol. The number of nitrogens with two attached hydrogens (primary N) is 1. The van der Waals surface area contributed by atoms with Crippen LogP contribution < -0.4 is 11.1 Å². The third-order valence-electron chi connectivity index (χ3n) is 2.73. The second-order valence-electron chi connectivity index (χ2n) is 4.27. The standard InChI is InChI=1S/C13H19N3O2.ClH/c1-9-5-4-6-10(2)13(9)15-11(17)8-16(3)12(18)7-14;/h4-6H,7-8,14H2,1-3H3,(H,15,17);1H. The molecule has 0 fully saturated rings. The molecule has 0 saturated carbocycles. The first-order valence-corrected chi connectivity index (χ1v) is 5.75. The Morgan fingerprint density at radius 1 is 1.26 bits per heavy atom. The van der Waals surface area contributed by atoms with E-state index in [1.165, 1.54) is 4.90 Å². The second-order valence-corrected chi connectivity index (χ2v) is 4.27. The highest BCUT2D eigenvalue weighted by atomic mass is 35.5. The van der Waals surface area contributed by atoms with Gasteiger partial charge in [-0.1, -0.05) is 18.2 Å². The Kier molecular flexibility index (Phi) is 7.11. The number of anilines is 1. The summed E-state index contributed by atoms with van der Waals surface area (Å²) < 4.78 is 0. The largest absolute Gasteiger partial charge is 0.335 e. The monoisotopic (exact) mass is 285 g/mol. The molecule has 106 valence electrons. The van der Waals surface area contributed by atoms with Crippen LogP contribution in [0.1, 0.15) is 11.1 Å². The number of benzene rings is 1. The molecule has 0 spiro atoms. The minimum atomic E-state index is -0.258. The van der Waals surface area contributed by atoms with E-state index in [1.807, 2.05) is 32.0 Å². The van der Waals surface area contributed by atoms with Crippen molar-refractivity contribution in [3.8, 4) is 0 Å². The van der Waals surface area contributed by atoms with Crippen LogP contribution in [0.4, 0.5) is 5.69 Å². The van der Waals surface area contributed by atoms with Gasteiger partial charge >= 0.3 is 0 Å². The van der Waals surface area contributed by atoms with Gasteiger partial charge in [0.15, 0.2) is 0 Å². The van der Waals surface area contributed by atoms with Crippen molar-refractivity contribution in [3.05, 3.63) is 29.3 Å². The van der Waals surface area contributed by atoms with Crippen molar-refractivity contribution in [2.45, 2.75) is 13.8 Å². The maximum Gasteiger partial charge on any atom is 0.243 e. The molecular weight excluding hydrogens is 266 g/mol. The fraction of sp³-hybridized carbons (Fsp3) is 0.385. The van der Waals surface area contributed by atoms with Crippen LogP contribution in [-0.2, 0) is 9.59 Å². The van der Waals surface area contributed by atoms with Gasteiger partial charge in [0.05, 0.1) is 13.1 Å². The number of para-hydroxylation sites is 1. The minimum absolute atomic E-state index is 0. The van der Waals surface area contributed by atoms with Crippen LogP contribution in [-0.4, -0.2) is 36.9 Å². The van der Waals surface area contributed by atoms with Gasteiger partial charge in [0.2, 0.25) is 11.8 Å². The van der Waals surface area contributed by atoms with E-state index in [1.54, 1.807) is 7.05 Å². The van der Waals surface area contributed by atoms with Crippen LogP contribution in [0.25, 0.3) is 0 Å². The van der Waals surface area contributed by atoms with Gasteiger partial charge in [-0.05, 0) is 25.0 Å². The number of carbonyl (C=O) groups excluding carboxylic acids is 2. The molecule has 0 aliphatic heterocycles. The lowest BCUT2D eigenvalue weighted by atomic mass is 10.1. The topological polar surface area (TPSA) is 75.4 Å². The maximum absolute atomic E-state index is 11.8. The van der Waals surface area contributed by atoms with Crippen LogP contribution in [0.2, 0.25) is 0 Å². The summed E-state index contributed by atoms with van der Waals surface area (Å²) in [7, 11) is 1.56. The van der Waals surface area contributed by atoms with Gasteiger partial charge in [-0.25, -0.2) is 0 Å². The molecule has 0 saturated heterocycles. The molecule has 2 amide bonds. The first kappa shape index (κ1) is 17.4. The number of likely N-dealkylation sites (N-methyl/N-ethyl adjacent to an activating group) is 1. The van der Waals surface area contributed by atoms with E-state index >= 15 is 0 Å². The predicted molar refractivity (Wildman–Crippen MR) is 78.5 cm³/mol. The van der Waals surface area contributed by atoms with Crippen molar-refractivity contribution in [2.24, 2.45) is 5.73 Å². The summed E-state index contributed by atoms with van der Waals surface area (Å²) >= 11 is 0. The molecule has 0 radical (unpaired) electrons. The Balaban J connectivity index is 0.00000324. The van der Waals surface area contributed by atoms with Crippen molar-refractivity contribution >= 4 is 29.9 Å². The molecule has 5 nitrogen and oxygen atoms in total. The molecule has 19 heavy (non-hydrogen) atoms. The summed E-state index contributed by atoms with van der Waals surface area (Å²) in [5, 5.41) is 2.81. The van der Waals surface area contributed by atoms with Crippen molar-refractivity contribution in [3.63, 3.8) is 0 Å². The lowest BCUT2D eigenvalue weighted by Crippen LogP contribution is -2.38. The number of nitrogens with one attached hydrogen (secondary N) is 1. The first-order valence-electron chi connectivity index (χ1n) is 5.75. The highest BCUT2D eigenvalue weighted by Gasteiger charge is 2.12. The maximum atomic E-state index is 11.8.